The summed E-state index contributed by atoms with van der Waals surface area (Å²) in [5, 5.41) is 21.3. The maximum Gasteiger partial charge on any atom is 0.205 e. The Kier molecular flexibility index (Phi) is 6.94. The zero-order valence-electron chi connectivity index (χ0n) is 12.8. The van der Waals surface area contributed by atoms with Crippen LogP contribution in [0.4, 0.5) is 0 Å². The lowest BCUT2D eigenvalue weighted by Gasteiger charge is -2.05. The number of phenols is 1. The summed E-state index contributed by atoms with van der Waals surface area (Å²) in [7, 11) is 1.69. The Bertz CT molecular complexity index is 567. The first-order chi connectivity index (χ1) is 10.1. The molecule has 0 saturated heterocycles. The van der Waals surface area contributed by atoms with Gasteiger partial charge in [0.15, 0.2) is 11.5 Å². The standard InChI is InChI=1S/C10H12N4O2.C5H10/c1-3-16-9-5-4-7(6-8(9)15)10-11-13-14(2)12-10;1-3-5-4-2/h4-6,15H,3H2,1-2H3;3H,1,4-5H2,2H3. The van der Waals surface area contributed by atoms with Gasteiger partial charge in [-0.1, -0.05) is 19.4 Å². The van der Waals surface area contributed by atoms with Gasteiger partial charge in [0.25, 0.3) is 0 Å². The lowest BCUT2D eigenvalue weighted by Crippen LogP contribution is -1.93. The fourth-order valence-corrected chi connectivity index (χ4v) is 1.54. The molecule has 0 radical (unpaired) electrons. The van der Waals surface area contributed by atoms with E-state index in [2.05, 4.69) is 28.9 Å². The average Bonchev–Trinajstić information content (AvgIpc) is 2.89. The van der Waals surface area contributed by atoms with Gasteiger partial charge in [-0.3, -0.25) is 0 Å². The highest BCUT2D eigenvalue weighted by molar-refractivity contribution is 5.59. The second-order valence-electron chi connectivity index (χ2n) is 4.30. The van der Waals surface area contributed by atoms with Gasteiger partial charge in [-0.2, -0.15) is 4.80 Å². The van der Waals surface area contributed by atoms with Crippen LogP contribution in [-0.2, 0) is 7.05 Å². The summed E-state index contributed by atoms with van der Waals surface area (Å²) >= 11 is 0. The third kappa shape index (κ3) is 5.25. The summed E-state index contributed by atoms with van der Waals surface area (Å²) in [5.74, 6) is 1.00. The summed E-state index contributed by atoms with van der Waals surface area (Å²) in [6, 6.07) is 5.02. The van der Waals surface area contributed by atoms with Crippen molar-refractivity contribution in [2.75, 3.05) is 6.61 Å². The molecule has 1 aromatic heterocycles. The Hall–Kier alpha value is -2.37. The zero-order valence-corrected chi connectivity index (χ0v) is 12.8. The number of rotatable bonds is 5. The number of ether oxygens (including phenoxy) is 1. The van der Waals surface area contributed by atoms with Gasteiger partial charge in [0, 0.05) is 5.56 Å². The summed E-state index contributed by atoms with van der Waals surface area (Å²) in [5.41, 5.74) is 0.703. The molecule has 114 valence electrons. The maximum absolute atomic E-state index is 9.68. The molecule has 6 heteroatoms. The van der Waals surface area contributed by atoms with Crippen LogP contribution in [-0.4, -0.2) is 31.9 Å². The van der Waals surface area contributed by atoms with E-state index < -0.39 is 0 Å². The third-order valence-electron chi connectivity index (χ3n) is 2.52. The summed E-state index contributed by atoms with van der Waals surface area (Å²) < 4.78 is 5.22. The second-order valence-corrected chi connectivity index (χ2v) is 4.30. The predicted octanol–water partition coefficient (Wildman–Crippen LogP) is 2.95. The highest BCUT2D eigenvalue weighted by Crippen LogP contribution is 2.29. The number of unbranched alkanes of at least 4 members (excludes halogenated alkanes) is 1. The van der Waals surface area contributed by atoms with Gasteiger partial charge in [0.1, 0.15) is 0 Å². The molecule has 0 atom stereocenters. The quantitative estimate of drug-likeness (QED) is 0.857. The highest BCUT2D eigenvalue weighted by Gasteiger charge is 2.08. The molecule has 2 rings (SSSR count). The summed E-state index contributed by atoms with van der Waals surface area (Å²) in [6.07, 6.45) is 4.31. The number of benzene rings is 1. The van der Waals surface area contributed by atoms with Crippen LogP contribution >= 0.6 is 0 Å². The van der Waals surface area contributed by atoms with Gasteiger partial charge in [0.05, 0.1) is 13.7 Å². The van der Waals surface area contributed by atoms with Crippen LogP contribution in [0.15, 0.2) is 30.9 Å². The van der Waals surface area contributed by atoms with Gasteiger partial charge in [-0.15, -0.1) is 16.8 Å². The van der Waals surface area contributed by atoms with E-state index in [-0.39, 0.29) is 5.75 Å². The average molecular weight is 290 g/mol. The van der Waals surface area contributed by atoms with E-state index in [4.69, 9.17) is 4.74 Å². The normalized spacial score (nSPS) is 9.67. The molecule has 6 nitrogen and oxygen atoms in total. The minimum Gasteiger partial charge on any atom is -0.504 e. The van der Waals surface area contributed by atoms with E-state index in [0.717, 1.165) is 6.42 Å². The Morgan fingerprint density at radius 3 is 2.57 bits per heavy atom. The SMILES string of the molecule is C=CCCC.CCOc1ccc(-c2nnn(C)n2)cc1O. The number of aromatic hydroxyl groups is 1. The largest absolute Gasteiger partial charge is 0.504 e. The van der Waals surface area contributed by atoms with Crippen LogP contribution in [0, 0.1) is 0 Å². The molecule has 0 aliphatic heterocycles. The maximum atomic E-state index is 9.68. The molecule has 1 N–H and O–H groups in total. The number of phenolic OH excluding ortho intramolecular Hbond substituents is 1. The molecule has 0 unspecified atom stereocenters. The molecule has 1 aromatic carbocycles. The van der Waals surface area contributed by atoms with Crippen molar-refractivity contribution in [3.63, 3.8) is 0 Å². The first-order valence-electron chi connectivity index (χ1n) is 6.93. The third-order valence-corrected chi connectivity index (χ3v) is 2.52. The van der Waals surface area contributed by atoms with Crippen molar-refractivity contribution in [3.05, 3.63) is 30.9 Å². The van der Waals surface area contributed by atoms with E-state index >= 15 is 0 Å². The van der Waals surface area contributed by atoms with Crippen molar-refractivity contribution in [2.24, 2.45) is 7.05 Å². The zero-order chi connectivity index (χ0) is 15.7. The monoisotopic (exact) mass is 290 g/mol. The van der Waals surface area contributed by atoms with Gasteiger partial charge in [0.2, 0.25) is 5.82 Å². The van der Waals surface area contributed by atoms with Crippen molar-refractivity contribution in [3.8, 4) is 22.9 Å². The summed E-state index contributed by atoms with van der Waals surface area (Å²) in [4.78, 5) is 1.36. The Labute approximate surface area is 125 Å². The molecule has 0 amide bonds. The number of hydrogen-bond acceptors (Lipinski definition) is 5. The number of tetrazole rings is 1. The first-order valence-corrected chi connectivity index (χ1v) is 6.93. The molecule has 21 heavy (non-hydrogen) atoms. The van der Waals surface area contributed by atoms with Crippen molar-refractivity contribution in [1.29, 1.82) is 0 Å². The number of hydrogen-bond donors (Lipinski definition) is 1. The van der Waals surface area contributed by atoms with Crippen molar-refractivity contribution in [1.82, 2.24) is 20.2 Å². The Morgan fingerprint density at radius 2 is 2.14 bits per heavy atom. The van der Waals surface area contributed by atoms with E-state index in [1.54, 1.807) is 25.2 Å². The lowest BCUT2D eigenvalue weighted by molar-refractivity contribution is 0.318. The van der Waals surface area contributed by atoms with E-state index in [9.17, 15) is 5.11 Å². The smallest absolute Gasteiger partial charge is 0.205 e. The molecule has 0 fully saturated rings. The van der Waals surface area contributed by atoms with Crippen molar-refractivity contribution in [2.45, 2.75) is 26.7 Å². The topological polar surface area (TPSA) is 73.1 Å². The van der Waals surface area contributed by atoms with Crippen LogP contribution in [0.3, 0.4) is 0 Å². The van der Waals surface area contributed by atoms with E-state index in [0.29, 0.717) is 23.7 Å². The molecule has 0 spiro atoms. The Balaban J connectivity index is 0.000000383. The molecule has 1 heterocycles. The van der Waals surface area contributed by atoms with Crippen molar-refractivity contribution >= 4 is 0 Å². The minimum atomic E-state index is 0.0757. The second kappa shape index (κ2) is 8.73. The van der Waals surface area contributed by atoms with Crippen molar-refractivity contribution < 1.29 is 9.84 Å². The van der Waals surface area contributed by atoms with Crippen LogP contribution in [0.25, 0.3) is 11.4 Å². The fourth-order valence-electron chi connectivity index (χ4n) is 1.54. The number of nitrogens with zero attached hydrogens (tertiary/aromatic N) is 4. The van der Waals surface area contributed by atoms with Crippen LogP contribution in [0.2, 0.25) is 0 Å². The van der Waals surface area contributed by atoms with Gasteiger partial charge < -0.3 is 9.84 Å². The molecule has 2 aromatic rings. The van der Waals surface area contributed by atoms with E-state index in [1.165, 1.54) is 11.2 Å². The molecular weight excluding hydrogens is 268 g/mol. The molecule has 0 aliphatic rings. The molecular formula is C15H22N4O2. The van der Waals surface area contributed by atoms with Crippen LogP contribution in [0.5, 0.6) is 11.5 Å². The number of aryl methyl sites for hydroxylation is 1. The van der Waals surface area contributed by atoms with Gasteiger partial charge in [-0.05, 0) is 36.8 Å². The fraction of sp³-hybridized carbons (Fsp3) is 0.400. The molecule has 0 saturated carbocycles. The Morgan fingerprint density at radius 1 is 1.38 bits per heavy atom. The first kappa shape index (κ1) is 16.7. The highest BCUT2D eigenvalue weighted by atomic mass is 16.5. The predicted molar refractivity (Wildman–Crippen MR) is 82.2 cm³/mol. The lowest BCUT2D eigenvalue weighted by atomic mass is 10.2. The minimum absolute atomic E-state index is 0.0757. The van der Waals surface area contributed by atoms with Crippen LogP contribution in [0.1, 0.15) is 26.7 Å². The van der Waals surface area contributed by atoms with E-state index in [1.807, 2.05) is 13.0 Å². The molecule has 0 aliphatic carbocycles. The van der Waals surface area contributed by atoms with Gasteiger partial charge in [-0.25, -0.2) is 0 Å². The summed E-state index contributed by atoms with van der Waals surface area (Å²) in [6.45, 7) is 8.06. The molecule has 0 bridgehead atoms. The number of allylic oxidation sites excluding steroid dienone is 1. The van der Waals surface area contributed by atoms with Crippen LogP contribution < -0.4 is 4.74 Å². The van der Waals surface area contributed by atoms with Gasteiger partial charge >= 0.3 is 0 Å². The number of aromatic nitrogens is 4.